The van der Waals surface area contributed by atoms with E-state index in [2.05, 4.69) is 17.4 Å². The van der Waals surface area contributed by atoms with E-state index in [0.29, 0.717) is 5.71 Å². The van der Waals surface area contributed by atoms with Crippen molar-refractivity contribution in [3.63, 3.8) is 0 Å². The third kappa shape index (κ3) is 3.39. The summed E-state index contributed by atoms with van der Waals surface area (Å²) in [6, 6.07) is 19.4. The lowest BCUT2D eigenvalue weighted by Crippen LogP contribution is -2.04. The van der Waals surface area contributed by atoms with Gasteiger partial charge in [-0.1, -0.05) is 65.8 Å². The number of hydrogen-bond donors (Lipinski definition) is 0. The topological polar surface area (TPSA) is 21.6 Å². The van der Waals surface area contributed by atoms with Gasteiger partial charge < -0.3 is 4.84 Å². The molecule has 0 spiro atoms. The fraction of sp³-hybridized carbons (Fsp3) is 0. The van der Waals surface area contributed by atoms with Crippen LogP contribution in [0.5, 0.6) is 0 Å². The number of thiocarbonyl (C=S) groups is 1. The summed E-state index contributed by atoms with van der Waals surface area (Å²) < 4.78 is -0.126. The van der Waals surface area contributed by atoms with Crippen LogP contribution in [0.15, 0.2) is 65.8 Å². The van der Waals surface area contributed by atoms with Crippen molar-refractivity contribution < 1.29 is 4.84 Å². The van der Waals surface area contributed by atoms with Crippen LogP contribution in [0.2, 0.25) is 0 Å². The fourth-order valence-corrected chi connectivity index (χ4v) is 1.62. The van der Waals surface area contributed by atoms with Crippen molar-refractivity contribution in [3.8, 4) is 0 Å². The first-order valence-corrected chi connectivity index (χ1v) is 6.11. The molecule has 0 unspecified atom stereocenters. The molecule has 0 aromatic heterocycles. The Morgan fingerprint density at radius 2 is 1.33 bits per heavy atom. The van der Waals surface area contributed by atoms with E-state index in [0.717, 1.165) is 11.1 Å². The van der Waals surface area contributed by atoms with Gasteiger partial charge in [0.15, 0.2) is 0 Å². The molecule has 0 N–H and O–H groups in total. The summed E-state index contributed by atoms with van der Waals surface area (Å²) in [5, 5.41) is 4.01. The van der Waals surface area contributed by atoms with Gasteiger partial charge in [-0.05, 0) is 23.8 Å². The van der Waals surface area contributed by atoms with Gasteiger partial charge in [0.2, 0.25) is 0 Å². The molecular weight excluding hydrogens is 266 g/mol. The minimum atomic E-state index is -0.126. The van der Waals surface area contributed by atoms with E-state index in [9.17, 15) is 0 Å². The van der Waals surface area contributed by atoms with Crippen molar-refractivity contribution in [2.75, 3.05) is 0 Å². The molecule has 0 saturated carbocycles. The molecule has 18 heavy (non-hydrogen) atoms. The summed E-state index contributed by atoms with van der Waals surface area (Å²) in [6.07, 6.45) is 0. The summed E-state index contributed by atoms with van der Waals surface area (Å²) in [5.41, 5.74) is 2.58. The molecule has 2 nitrogen and oxygen atoms in total. The van der Waals surface area contributed by atoms with Crippen molar-refractivity contribution in [3.05, 3.63) is 71.8 Å². The summed E-state index contributed by atoms with van der Waals surface area (Å²) in [4.78, 5) is 4.90. The molecule has 0 aliphatic rings. The van der Waals surface area contributed by atoms with E-state index < -0.39 is 0 Å². The number of nitrogens with zero attached hydrogens (tertiary/aromatic N) is 1. The van der Waals surface area contributed by atoms with Gasteiger partial charge in [-0.2, -0.15) is 0 Å². The minimum absolute atomic E-state index is 0.126. The predicted octanol–water partition coefficient (Wildman–Crippen LogP) is 3.98. The Morgan fingerprint density at radius 1 is 0.889 bits per heavy atom. The van der Waals surface area contributed by atoms with Crippen LogP contribution in [0, 0.1) is 0 Å². The van der Waals surface area contributed by atoms with Gasteiger partial charge in [0, 0.05) is 11.1 Å². The second-order valence-corrected chi connectivity index (χ2v) is 4.44. The number of benzene rings is 2. The maximum atomic E-state index is 5.50. The van der Waals surface area contributed by atoms with Crippen LogP contribution < -0.4 is 0 Å². The molecule has 0 bridgehead atoms. The van der Waals surface area contributed by atoms with Gasteiger partial charge in [0.1, 0.15) is 5.71 Å². The van der Waals surface area contributed by atoms with Gasteiger partial charge >= 0.3 is 0 Å². The maximum Gasteiger partial charge on any atom is 0.289 e. The predicted molar refractivity (Wildman–Crippen MR) is 78.1 cm³/mol. The Kier molecular flexibility index (Phi) is 4.45. The van der Waals surface area contributed by atoms with Crippen molar-refractivity contribution >= 4 is 34.0 Å². The van der Waals surface area contributed by atoms with E-state index >= 15 is 0 Å². The standard InChI is InChI=1S/C14H10ClNOS/c15-14(18)17-16-13(11-7-3-1-4-8-11)12-9-5-2-6-10-12/h1-10H. The van der Waals surface area contributed by atoms with Crippen molar-refractivity contribution in [2.24, 2.45) is 5.16 Å². The highest BCUT2D eigenvalue weighted by molar-refractivity contribution is 7.82. The number of rotatable bonds is 3. The molecule has 0 heterocycles. The molecule has 2 rings (SSSR count). The average Bonchev–Trinajstić information content (AvgIpc) is 2.41. The molecule has 0 fully saturated rings. The molecule has 90 valence electrons. The Hall–Kier alpha value is -1.71. The second-order valence-electron chi connectivity index (χ2n) is 3.50. The van der Waals surface area contributed by atoms with Gasteiger partial charge in [0.05, 0.1) is 0 Å². The normalized spacial score (nSPS) is 9.61. The largest absolute Gasteiger partial charge is 0.332 e. The number of halogens is 1. The molecule has 0 saturated heterocycles. The molecule has 0 amide bonds. The smallest absolute Gasteiger partial charge is 0.289 e. The van der Waals surface area contributed by atoms with Gasteiger partial charge in [-0.15, -0.1) is 0 Å². The van der Waals surface area contributed by atoms with E-state index in [4.69, 9.17) is 16.4 Å². The summed E-state index contributed by atoms with van der Waals surface area (Å²) in [6.45, 7) is 0. The monoisotopic (exact) mass is 275 g/mol. The zero-order chi connectivity index (χ0) is 12.8. The summed E-state index contributed by atoms with van der Waals surface area (Å²) in [7, 11) is 0. The number of oxime groups is 1. The van der Waals surface area contributed by atoms with Gasteiger partial charge in [-0.25, -0.2) is 0 Å². The molecular formula is C14H10ClNOS. The van der Waals surface area contributed by atoms with Crippen LogP contribution in [-0.4, -0.2) is 10.2 Å². The third-order valence-corrected chi connectivity index (χ3v) is 2.45. The first-order valence-electron chi connectivity index (χ1n) is 5.32. The van der Waals surface area contributed by atoms with Crippen LogP contribution in [0.25, 0.3) is 0 Å². The van der Waals surface area contributed by atoms with Crippen LogP contribution in [0.1, 0.15) is 11.1 Å². The summed E-state index contributed by atoms with van der Waals surface area (Å²) >= 11 is 10.1. The Labute approximate surface area is 116 Å². The molecule has 0 aliphatic carbocycles. The number of hydrogen-bond acceptors (Lipinski definition) is 3. The lowest BCUT2D eigenvalue weighted by molar-refractivity contribution is 0.347. The molecule has 2 aromatic rings. The van der Waals surface area contributed by atoms with Crippen molar-refractivity contribution in [2.45, 2.75) is 0 Å². The highest BCUT2D eigenvalue weighted by Gasteiger charge is 2.07. The average molecular weight is 276 g/mol. The zero-order valence-corrected chi connectivity index (χ0v) is 11.0. The van der Waals surface area contributed by atoms with Crippen LogP contribution in [0.3, 0.4) is 0 Å². The molecule has 4 heteroatoms. The zero-order valence-electron chi connectivity index (χ0n) is 9.42. The molecule has 2 aromatic carbocycles. The molecule has 0 aliphatic heterocycles. The lowest BCUT2D eigenvalue weighted by atomic mass is 10.0. The Morgan fingerprint density at radius 3 is 1.72 bits per heavy atom. The summed E-state index contributed by atoms with van der Waals surface area (Å²) in [5.74, 6) is 0. The SMILES string of the molecule is S=C(Cl)ON=C(c1ccccc1)c1ccccc1. The lowest BCUT2D eigenvalue weighted by Gasteiger charge is -2.05. The van der Waals surface area contributed by atoms with Crippen LogP contribution >= 0.6 is 23.8 Å². The van der Waals surface area contributed by atoms with Gasteiger partial charge in [0.25, 0.3) is 4.51 Å². The van der Waals surface area contributed by atoms with E-state index in [1.165, 1.54) is 0 Å². The van der Waals surface area contributed by atoms with Crippen molar-refractivity contribution in [1.29, 1.82) is 0 Å². The minimum Gasteiger partial charge on any atom is -0.332 e. The van der Waals surface area contributed by atoms with E-state index in [1.54, 1.807) is 0 Å². The molecule has 0 atom stereocenters. The maximum absolute atomic E-state index is 5.50. The third-order valence-electron chi connectivity index (χ3n) is 2.30. The van der Waals surface area contributed by atoms with Crippen molar-refractivity contribution in [1.82, 2.24) is 0 Å². The van der Waals surface area contributed by atoms with E-state index in [-0.39, 0.29) is 4.51 Å². The first-order chi connectivity index (χ1) is 8.77. The van der Waals surface area contributed by atoms with Crippen LogP contribution in [-0.2, 0) is 4.84 Å². The Balaban J connectivity index is 2.42. The first kappa shape index (κ1) is 12.7. The Bertz CT molecular complexity index is 513. The fourth-order valence-electron chi connectivity index (χ4n) is 1.55. The molecule has 0 radical (unpaired) electrons. The quantitative estimate of drug-likeness (QED) is 0.366. The van der Waals surface area contributed by atoms with Crippen LogP contribution in [0.4, 0.5) is 0 Å². The van der Waals surface area contributed by atoms with Gasteiger partial charge in [-0.3, -0.25) is 0 Å². The highest BCUT2D eigenvalue weighted by Crippen LogP contribution is 2.11. The van der Waals surface area contributed by atoms with E-state index in [1.807, 2.05) is 60.7 Å². The highest BCUT2D eigenvalue weighted by atomic mass is 35.5. The second kappa shape index (κ2) is 6.28.